The highest BCUT2D eigenvalue weighted by molar-refractivity contribution is 7.99. The van der Waals surface area contributed by atoms with Crippen molar-refractivity contribution in [3.05, 3.63) is 157 Å². The third kappa shape index (κ3) is 5.39. The molecular formula is C33H29OP2+. The van der Waals surface area contributed by atoms with Crippen LogP contribution in [0.5, 0.6) is 0 Å². The van der Waals surface area contributed by atoms with E-state index in [-0.39, 0.29) is 5.78 Å². The molecular weight excluding hydrogens is 474 g/mol. The minimum absolute atomic E-state index is 0.215. The molecule has 0 spiro atoms. The third-order valence-electron chi connectivity index (χ3n) is 6.53. The number of Topliss-reactive ketones (excluding diaryl/α,β-unsaturated/α-hetero) is 1. The molecule has 0 aliphatic heterocycles. The summed E-state index contributed by atoms with van der Waals surface area (Å²) in [5.41, 5.74) is 0.789. The van der Waals surface area contributed by atoms with E-state index in [1.54, 1.807) is 0 Å². The molecule has 0 saturated carbocycles. The number of carbonyl (C=O) groups excluding carboxylic acids is 1. The van der Waals surface area contributed by atoms with Crippen LogP contribution in [0.15, 0.2) is 152 Å². The summed E-state index contributed by atoms with van der Waals surface area (Å²) in [6.07, 6.45) is 0.517. The van der Waals surface area contributed by atoms with Crippen molar-refractivity contribution in [1.82, 2.24) is 0 Å². The Morgan fingerprint density at radius 3 is 1.28 bits per heavy atom. The normalized spacial score (nSPS) is 11.4. The summed E-state index contributed by atoms with van der Waals surface area (Å²) in [5.74, 6) is 1.16. The Morgan fingerprint density at radius 2 is 0.861 bits per heavy atom. The summed E-state index contributed by atoms with van der Waals surface area (Å²) in [5, 5.41) is 5.28. The predicted octanol–water partition coefficient (Wildman–Crippen LogP) is 6.63. The van der Waals surface area contributed by atoms with Crippen LogP contribution in [0.4, 0.5) is 0 Å². The largest absolute Gasteiger partial charge is 0.290 e. The molecule has 0 aliphatic carbocycles. The second-order valence-electron chi connectivity index (χ2n) is 8.83. The van der Waals surface area contributed by atoms with Gasteiger partial charge in [0.2, 0.25) is 5.78 Å². The van der Waals surface area contributed by atoms with Gasteiger partial charge in [-0.1, -0.05) is 127 Å². The molecule has 0 unspecified atom stereocenters. The Labute approximate surface area is 216 Å². The zero-order valence-corrected chi connectivity index (χ0v) is 21.9. The fourth-order valence-corrected chi connectivity index (χ4v) is 13.8. The van der Waals surface area contributed by atoms with E-state index in [4.69, 9.17) is 0 Å². The van der Waals surface area contributed by atoms with Gasteiger partial charge >= 0.3 is 0 Å². The molecule has 0 aliphatic rings. The van der Waals surface area contributed by atoms with E-state index >= 15 is 0 Å². The Hall–Kier alpha value is -3.37. The van der Waals surface area contributed by atoms with Crippen LogP contribution in [0.25, 0.3) is 0 Å². The molecule has 5 rings (SSSR count). The summed E-state index contributed by atoms with van der Waals surface area (Å²) < 4.78 is 0. The number of carbonyl (C=O) groups is 1. The standard InChI is InChI=1S/C33H29OP2/c34-33(28-16-6-1-7-17-28)26-36(31-22-12-4-13-23-31,32-24-14-5-15-25-32)27-35(29-18-8-2-9-19-29)30-20-10-3-11-21-30/h1-25H,26-27H2/q+1. The lowest BCUT2D eigenvalue weighted by Crippen LogP contribution is -2.32. The van der Waals surface area contributed by atoms with Crippen LogP contribution in [0.3, 0.4) is 0 Å². The Morgan fingerprint density at radius 1 is 0.500 bits per heavy atom. The first kappa shape index (κ1) is 24.3. The van der Waals surface area contributed by atoms with Gasteiger partial charge < -0.3 is 0 Å². The Balaban J connectivity index is 1.70. The van der Waals surface area contributed by atoms with Gasteiger partial charge in [-0.25, -0.2) is 0 Å². The highest BCUT2D eigenvalue weighted by Gasteiger charge is 2.47. The average Bonchev–Trinajstić information content (AvgIpc) is 2.97. The van der Waals surface area contributed by atoms with Gasteiger partial charge in [0, 0.05) is 5.56 Å². The molecule has 0 heterocycles. The lowest BCUT2D eigenvalue weighted by atomic mass is 10.2. The highest BCUT2D eigenvalue weighted by Crippen LogP contribution is 2.64. The summed E-state index contributed by atoms with van der Waals surface area (Å²) in [6, 6.07) is 53.1. The van der Waals surface area contributed by atoms with Crippen molar-refractivity contribution in [3.63, 3.8) is 0 Å². The SMILES string of the molecule is O=C(C[P+](CP(c1ccccc1)c1ccccc1)(c1ccccc1)c1ccccc1)c1ccccc1. The van der Waals surface area contributed by atoms with E-state index in [9.17, 15) is 4.79 Å². The number of ketones is 1. The monoisotopic (exact) mass is 503 g/mol. The van der Waals surface area contributed by atoms with E-state index in [1.165, 1.54) is 21.2 Å². The molecule has 0 atom stereocenters. The minimum atomic E-state index is -2.13. The van der Waals surface area contributed by atoms with Gasteiger partial charge in [0.05, 0.1) is 13.2 Å². The first-order chi connectivity index (χ1) is 17.8. The first-order valence-corrected chi connectivity index (χ1v) is 15.9. The van der Waals surface area contributed by atoms with Crippen LogP contribution in [0.2, 0.25) is 0 Å². The Bertz CT molecular complexity index is 1290. The van der Waals surface area contributed by atoms with Gasteiger partial charge in [-0.05, 0) is 42.8 Å². The summed E-state index contributed by atoms with van der Waals surface area (Å²) in [6.45, 7) is 0. The second-order valence-corrected chi connectivity index (χ2v) is 15.1. The first-order valence-electron chi connectivity index (χ1n) is 12.2. The maximum absolute atomic E-state index is 13.9. The number of hydrogen-bond acceptors (Lipinski definition) is 1. The molecule has 1 nitrogen and oxygen atoms in total. The fourth-order valence-electron chi connectivity index (χ4n) is 4.70. The van der Waals surface area contributed by atoms with Crippen molar-refractivity contribution in [3.8, 4) is 0 Å². The van der Waals surface area contributed by atoms with Gasteiger partial charge in [0.15, 0.2) is 0 Å². The van der Waals surface area contributed by atoms with Crippen molar-refractivity contribution in [2.45, 2.75) is 0 Å². The molecule has 0 radical (unpaired) electrons. The Kier molecular flexibility index (Phi) is 7.82. The van der Waals surface area contributed by atoms with Crippen LogP contribution < -0.4 is 21.2 Å². The summed E-state index contributed by atoms with van der Waals surface area (Å²) in [7, 11) is -2.82. The van der Waals surface area contributed by atoms with Crippen LogP contribution >= 0.6 is 15.2 Å². The lowest BCUT2D eigenvalue weighted by Gasteiger charge is -2.31. The van der Waals surface area contributed by atoms with Crippen molar-refractivity contribution >= 4 is 42.2 Å². The molecule has 5 aromatic rings. The van der Waals surface area contributed by atoms with E-state index in [0.717, 1.165) is 11.5 Å². The average molecular weight is 504 g/mol. The quantitative estimate of drug-likeness (QED) is 0.163. The zero-order chi connectivity index (χ0) is 24.6. The zero-order valence-electron chi connectivity index (χ0n) is 20.2. The lowest BCUT2D eigenvalue weighted by molar-refractivity contribution is 0.102. The number of hydrogen-bond donors (Lipinski definition) is 0. The van der Waals surface area contributed by atoms with Crippen molar-refractivity contribution in [2.24, 2.45) is 0 Å². The molecule has 36 heavy (non-hydrogen) atoms. The van der Waals surface area contributed by atoms with Crippen molar-refractivity contribution in [2.75, 3.05) is 12.1 Å². The van der Waals surface area contributed by atoms with Gasteiger partial charge in [0.1, 0.15) is 16.8 Å². The van der Waals surface area contributed by atoms with Crippen molar-refractivity contribution < 1.29 is 4.79 Å². The predicted molar refractivity (Wildman–Crippen MR) is 159 cm³/mol. The number of benzene rings is 5. The van der Waals surface area contributed by atoms with E-state index < -0.39 is 15.2 Å². The van der Waals surface area contributed by atoms with Gasteiger partial charge in [0.25, 0.3) is 0 Å². The maximum Gasteiger partial charge on any atom is 0.200 e. The van der Waals surface area contributed by atoms with E-state index in [0.29, 0.717) is 6.16 Å². The molecule has 0 bridgehead atoms. The smallest absolute Gasteiger partial charge is 0.200 e. The van der Waals surface area contributed by atoms with Gasteiger partial charge in [-0.2, -0.15) is 0 Å². The topological polar surface area (TPSA) is 17.1 Å². The van der Waals surface area contributed by atoms with Gasteiger partial charge in [-0.15, -0.1) is 0 Å². The molecule has 0 amide bonds. The third-order valence-corrected chi connectivity index (χ3v) is 14.8. The molecule has 176 valence electrons. The van der Waals surface area contributed by atoms with Crippen LogP contribution in [-0.2, 0) is 0 Å². The molecule has 0 N–H and O–H groups in total. The molecule has 0 aromatic heterocycles. The summed E-state index contributed by atoms with van der Waals surface area (Å²) in [4.78, 5) is 13.9. The van der Waals surface area contributed by atoms with Crippen LogP contribution in [0.1, 0.15) is 10.4 Å². The minimum Gasteiger partial charge on any atom is -0.290 e. The van der Waals surface area contributed by atoms with Gasteiger partial charge in [-0.3, -0.25) is 4.79 Å². The van der Waals surface area contributed by atoms with Crippen molar-refractivity contribution in [1.29, 1.82) is 0 Å². The van der Waals surface area contributed by atoms with E-state index in [1.807, 2.05) is 30.3 Å². The highest BCUT2D eigenvalue weighted by atomic mass is 31.2. The number of rotatable bonds is 9. The second kappa shape index (κ2) is 11.6. The molecule has 0 saturated heterocycles. The molecule has 3 heteroatoms. The maximum atomic E-state index is 13.9. The van der Waals surface area contributed by atoms with Crippen LogP contribution in [-0.4, -0.2) is 17.8 Å². The fraction of sp³-hybridized carbons (Fsp3) is 0.0606. The molecule has 5 aromatic carbocycles. The summed E-state index contributed by atoms with van der Waals surface area (Å²) >= 11 is 0. The van der Waals surface area contributed by atoms with Crippen LogP contribution in [0, 0.1) is 0 Å². The molecule has 0 fully saturated rings. The van der Waals surface area contributed by atoms with E-state index in [2.05, 4.69) is 121 Å².